The van der Waals surface area contributed by atoms with Gasteiger partial charge in [-0.1, -0.05) is 48.5 Å². The topological polar surface area (TPSA) is 29.5 Å². The molecule has 0 spiro atoms. The molecule has 27 heavy (non-hydrogen) atoms. The van der Waals surface area contributed by atoms with Crippen molar-refractivity contribution in [2.75, 3.05) is 4.90 Å². The number of hydrogen-bond donors (Lipinski definition) is 0. The molecule has 7 heteroatoms. The lowest BCUT2D eigenvalue weighted by Gasteiger charge is -2.23. The van der Waals surface area contributed by atoms with Crippen LogP contribution in [-0.4, -0.2) is 6.09 Å². The first-order chi connectivity index (χ1) is 12.9. The summed E-state index contributed by atoms with van der Waals surface area (Å²) in [6.45, 7) is -0.193. The number of hydrogen-bond acceptors (Lipinski definition) is 3. The molecule has 0 aliphatic carbocycles. The Morgan fingerprint density at radius 3 is 2.37 bits per heavy atom. The molecule has 0 saturated heterocycles. The van der Waals surface area contributed by atoms with Crippen LogP contribution in [0.4, 0.5) is 23.7 Å². The molecule has 0 N–H and O–H groups in total. The standard InChI is InChI=1S/C20H16F3NO2S/c21-20(22,23)18-9-5-4-8-16(18)12-24(17-10-11-27-14-17)19(25)26-13-15-6-2-1-3-7-15/h1-11,14H,12-13H2. The summed E-state index contributed by atoms with van der Waals surface area (Å²) in [6, 6.07) is 16.0. The first kappa shape index (κ1) is 19.0. The fourth-order valence-corrected chi connectivity index (χ4v) is 3.22. The molecule has 3 nitrogen and oxygen atoms in total. The summed E-state index contributed by atoms with van der Waals surface area (Å²) < 4.78 is 45.2. The Morgan fingerprint density at radius 2 is 1.70 bits per heavy atom. The van der Waals surface area contributed by atoms with Gasteiger partial charge in [-0.05, 0) is 28.6 Å². The van der Waals surface area contributed by atoms with Crippen molar-refractivity contribution in [1.29, 1.82) is 0 Å². The number of carbonyl (C=O) groups is 1. The molecule has 1 amide bonds. The smallest absolute Gasteiger partial charge is 0.416 e. The van der Waals surface area contributed by atoms with E-state index >= 15 is 0 Å². The Balaban J connectivity index is 1.82. The van der Waals surface area contributed by atoms with E-state index in [1.165, 1.54) is 34.4 Å². The number of thiophene rings is 1. The van der Waals surface area contributed by atoms with Crippen molar-refractivity contribution in [1.82, 2.24) is 0 Å². The van der Waals surface area contributed by atoms with Crippen LogP contribution in [0.2, 0.25) is 0 Å². The Kier molecular flexibility index (Phi) is 5.81. The number of benzene rings is 2. The van der Waals surface area contributed by atoms with E-state index in [0.29, 0.717) is 5.69 Å². The quantitative estimate of drug-likeness (QED) is 0.525. The molecule has 0 bridgehead atoms. The Labute approximate surface area is 158 Å². The van der Waals surface area contributed by atoms with E-state index in [1.807, 2.05) is 18.2 Å². The molecule has 140 valence electrons. The molecular formula is C20H16F3NO2S. The highest BCUT2D eigenvalue weighted by molar-refractivity contribution is 7.08. The summed E-state index contributed by atoms with van der Waals surface area (Å²) in [5.74, 6) is 0. The van der Waals surface area contributed by atoms with Crippen molar-refractivity contribution in [2.45, 2.75) is 19.3 Å². The number of ether oxygens (including phenoxy) is 1. The summed E-state index contributed by atoms with van der Waals surface area (Å²) in [4.78, 5) is 13.8. The second-order valence-corrected chi connectivity index (χ2v) is 6.54. The number of carbonyl (C=O) groups excluding carboxylic acids is 1. The molecule has 0 fully saturated rings. The summed E-state index contributed by atoms with van der Waals surface area (Å²) >= 11 is 1.35. The van der Waals surface area contributed by atoms with Gasteiger partial charge in [0.05, 0.1) is 17.8 Å². The normalized spacial score (nSPS) is 11.2. The van der Waals surface area contributed by atoms with E-state index in [1.54, 1.807) is 29.0 Å². The van der Waals surface area contributed by atoms with Crippen LogP contribution in [0.3, 0.4) is 0 Å². The van der Waals surface area contributed by atoms with Crippen LogP contribution in [0.5, 0.6) is 0 Å². The van der Waals surface area contributed by atoms with Crippen molar-refractivity contribution in [3.63, 3.8) is 0 Å². The average Bonchev–Trinajstić information content (AvgIpc) is 3.19. The summed E-state index contributed by atoms with van der Waals surface area (Å²) in [6.07, 6.45) is -5.19. The van der Waals surface area contributed by atoms with Gasteiger partial charge >= 0.3 is 12.3 Å². The maximum absolute atomic E-state index is 13.3. The number of halogens is 3. The molecule has 0 saturated carbocycles. The third-order valence-electron chi connectivity index (χ3n) is 3.89. The van der Waals surface area contributed by atoms with Gasteiger partial charge in [0.15, 0.2) is 0 Å². The Hall–Kier alpha value is -2.80. The van der Waals surface area contributed by atoms with Crippen molar-refractivity contribution in [3.8, 4) is 0 Å². The molecular weight excluding hydrogens is 375 g/mol. The molecule has 0 unspecified atom stereocenters. The minimum Gasteiger partial charge on any atom is -0.444 e. The van der Waals surface area contributed by atoms with Gasteiger partial charge in [0.25, 0.3) is 0 Å². The van der Waals surface area contributed by atoms with E-state index in [4.69, 9.17) is 4.74 Å². The number of alkyl halides is 3. The number of rotatable bonds is 5. The molecule has 2 aromatic carbocycles. The van der Waals surface area contributed by atoms with Gasteiger partial charge in [-0.15, -0.1) is 0 Å². The van der Waals surface area contributed by atoms with E-state index in [2.05, 4.69) is 0 Å². The molecule has 3 rings (SSSR count). The van der Waals surface area contributed by atoms with E-state index in [-0.39, 0.29) is 18.7 Å². The zero-order valence-electron chi connectivity index (χ0n) is 14.1. The summed E-state index contributed by atoms with van der Waals surface area (Å²) in [5.41, 5.74) is 0.538. The largest absolute Gasteiger partial charge is 0.444 e. The van der Waals surface area contributed by atoms with E-state index in [9.17, 15) is 18.0 Å². The van der Waals surface area contributed by atoms with Crippen LogP contribution in [0.25, 0.3) is 0 Å². The lowest BCUT2D eigenvalue weighted by molar-refractivity contribution is -0.138. The molecule has 1 heterocycles. The van der Waals surface area contributed by atoms with Gasteiger partial charge in [-0.25, -0.2) is 4.79 Å². The van der Waals surface area contributed by atoms with Gasteiger partial charge in [0.1, 0.15) is 6.61 Å². The minimum absolute atomic E-state index is 0.00728. The van der Waals surface area contributed by atoms with Crippen molar-refractivity contribution in [2.24, 2.45) is 0 Å². The zero-order chi connectivity index (χ0) is 19.3. The second kappa shape index (κ2) is 8.26. The monoisotopic (exact) mass is 391 g/mol. The molecule has 1 aromatic heterocycles. The van der Waals surface area contributed by atoms with Gasteiger partial charge in [0, 0.05) is 5.38 Å². The van der Waals surface area contributed by atoms with Crippen LogP contribution in [0, 0.1) is 0 Å². The lowest BCUT2D eigenvalue weighted by Crippen LogP contribution is -2.31. The minimum atomic E-state index is -4.50. The first-order valence-corrected chi connectivity index (χ1v) is 9.05. The third-order valence-corrected chi connectivity index (χ3v) is 4.57. The summed E-state index contributed by atoms with van der Waals surface area (Å²) in [7, 11) is 0. The number of amides is 1. The maximum atomic E-state index is 13.3. The highest BCUT2D eigenvalue weighted by Crippen LogP contribution is 2.33. The van der Waals surface area contributed by atoms with Crippen molar-refractivity contribution >= 4 is 23.1 Å². The van der Waals surface area contributed by atoms with Crippen LogP contribution in [-0.2, 0) is 24.1 Å². The van der Waals surface area contributed by atoms with Gasteiger partial charge in [-0.2, -0.15) is 24.5 Å². The van der Waals surface area contributed by atoms with Crippen molar-refractivity contribution in [3.05, 3.63) is 88.1 Å². The van der Waals surface area contributed by atoms with Gasteiger partial charge in [0.2, 0.25) is 0 Å². The first-order valence-electron chi connectivity index (χ1n) is 8.10. The number of nitrogens with zero attached hydrogens (tertiary/aromatic N) is 1. The van der Waals surface area contributed by atoms with Crippen LogP contribution in [0.1, 0.15) is 16.7 Å². The highest BCUT2D eigenvalue weighted by Gasteiger charge is 2.34. The van der Waals surface area contributed by atoms with Gasteiger partial charge < -0.3 is 4.74 Å². The summed E-state index contributed by atoms with van der Waals surface area (Å²) in [5, 5.41) is 3.45. The lowest BCUT2D eigenvalue weighted by atomic mass is 10.1. The second-order valence-electron chi connectivity index (χ2n) is 5.76. The predicted molar refractivity (Wildman–Crippen MR) is 98.6 cm³/mol. The maximum Gasteiger partial charge on any atom is 0.416 e. The van der Waals surface area contributed by atoms with E-state index in [0.717, 1.165) is 11.6 Å². The van der Waals surface area contributed by atoms with E-state index < -0.39 is 17.8 Å². The predicted octanol–water partition coefficient (Wildman–Crippen LogP) is 6.11. The highest BCUT2D eigenvalue weighted by atomic mass is 32.1. The van der Waals surface area contributed by atoms with Gasteiger partial charge in [-0.3, -0.25) is 4.90 Å². The Bertz CT molecular complexity index is 880. The molecule has 0 radical (unpaired) electrons. The van der Waals surface area contributed by atoms with Crippen molar-refractivity contribution < 1.29 is 22.7 Å². The molecule has 0 atom stereocenters. The van der Waals surface area contributed by atoms with Crippen LogP contribution >= 0.6 is 11.3 Å². The fourth-order valence-electron chi connectivity index (χ4n) is 2.57. The third kappa shape index (κ3) is 4.89. The number of anilines is 1. The average molecular weight is 391 g/mol. The molecule has 0 aliphatic rings. The van der Waals surface area contributed by atoms with Crippen LogP contribution in [0.15, 0.2) is 71.4 Å². The fraction of sp³-hybridized carbons (Fsp3) is 0.150. The molecule has 0 aliphatic heterocycles. The Morgan fingerprint density at radius 1 is 1.00 bits per heavy atom. The van der Waals surface area contributed by atoms with Crippen LogP contribution < -0.4 is 4.90 Å². The molecule has 3 aromatic rings. The zero-order valence-corrected chi connectivity index (χ0v) is 15.0. The SMILES string of the molecule is O=C(OCc1ccccc1)N(Cc1ccccc1C(F)(F)F)c1ccsc1.